The number of rotatable bonds is 3. The van der Waals surface area contributed by atoms with Crippen LogP contribution >= 0.6 is 0 Å². The minimum atomic E-state index is -0.275. The van der Waals surface area contributed by atoms with Crippen molar-refractivity contribution in [1.29, 1.82) is 0 Å². The Balaban J connectivity index is 2.11. The average Bonchev–Trinajstić information content (AvgIpc) is 2.40. The highest BCUT2D eigenvalue weighted by molar-refractivity contribution is 4.58. The Morgan fingerprint density at radius 1 is 1.50 bits per heavy atom. The van der Waals surface area contributed by atoms with E-state index in [1.165, 1.54) is 0 Å². The van der Waals surface area contributed by atoms with Crippen molar-refractivity contribution in [3.63, 3.8) is 0 Å². The molecule has 1 saturated heterocycles. The van der Waals surface area contributed by atoms with Gasteiger partial charge in [-0.2, -0.15) is 0 Å². The molecule has 1 aliphatic heterocycles. The average molecular weight is 146 g/mol. The van der Waals surface area contributed by atoms with Crippen molar-refractivity contribution in [3.8, 4) is 0 Å². The van der Waals surface area contributed by atoms with Gasteiger partial charge in [-0.15, -0.1) is 0 Å². The number of aliphatic hydroxyl groups is 1. The van der Waals surface area contributed by atoms with Gasteiger partial charge in [0.25, 0.3) is 0 Å². The van der Waals surface area contributed by atoms with Crippen molar-refractivity contribution < 1.29 is 14.6 Å². The summed E-state index contributed by atoms with van der Waals surface area (Å²) >= 11 is 0. The molecule has 1 unspecified atom stereocenters. The monoisotopic (exact) mass is 146 g/mol. The number of hydrogen-bond donors (Lipinski definition) is 1. The summed E-state index contributed by atoms with van der Waals surface area (Å²) in [6, 6.07) is 0. The van der Waals surface area contributed by atoms with E-state index in [9.17, 15) is 0 Å². The van der Waals surface area contributed by atoms with Crippen molar-refractivity contribution in [1.82, 2.24) is 0 Å². The lowest BCUT2D eigenvalue weighted by molar-refractivity contribution is -0.0703. The van der Waals surface area contributed by atoms with Gasteiger partial charge in [0.15, 0.2) is 6.29 Å². The molecular weight excluding hydrogens is 132 g/mol. The van der Waals surface area contributed by atoms with Crippen LogP contribution in [-0.2, 0) is 9.47 Å². The first-order chi connectivity index (χ1) is 4.83. The fourth-order valence-electron chi connectivity index (χ4n) is 0.932. The van der Waals surface area contributed by atoms with Gasteiger partial charge in [0, 0.05) is 6.42 Å². The number of aliphatic hydroxyl groups excluding tert-OH is 1. The van der Waals surface area contributed by atoms with Gasteiger partial charge < -0.3 is 14.6 Å². The van der Waals surface area contributed by atoms with Gasteiger partial charge in [0.2, 0.25) is 0 Å². The van der Waals surface area contributed by atoms with Crippen molar-refractivity contribution in [2.75, 3.05) is 13.2 Å². The standard InChI is InChI=1S/C7H14O3/c1-2-6(8)5-7-9-3-4-10-7/h6-8H,2-5H2,1H3. The third-order valence-corrected chi connectivity index (χ3v) is 1.63. The topological polar surface area (TPSA) is 38.7 Å². The lowest BCUT2D eigenvalue weighted by Gasteiger charge is -2.12. The van der Waals surface area contributed by atoms with Crippen molar-refractivity contribution in [3.05, 3.63) is 0 Å². The van der Waals surface area contributed by atoms with Crippen LogP contribution in [0.25, 0.3) is 0 Å². The Kier molecular flexibility index (Phi) is 3.12. The predicted molar refractivity (Wildman–Crippen MR) is 36.6 cm³/mol. The molecule has 3 heteroatoms. The molecule has 1 atom stereocenters. The van der Waals surface area contributed by atoms with Crippen LogP contribution in [-0.4, -0.2) is 30.7 Å². The summed E-state index contributed by atoms with van der Waals surface area (Å²) in [6.07, 6.45) is 0.942. The van der Waals surface area contributed by atoms with E-state index in [4.69, 9.17) is 14.6 Å². The second-order valence-electron chi connectivity index (χ2n) is 2.47. The third-order valence-electron chi connectivity index (χ3n) is 1.63. The van der Waals surface area contributed by atoms with Gasteiger partial charge >= 0.3 is 0 Å². The van der Waals surface area contributed by atoms with Crippen LogP contribution in [0.3, 0.4) is 0 Å². The summed E-state index contributed by atoms with van der Waals surface area (Å²) in [7, 11) is 0. The normalized spacial score (nSPS) is 23.4. The molecule has 0 spiro atoms. The highest BCUT2D eigenvalue weighted by Crippen LogP contribution is 2.11. The van der Waals surface area contributed by atoms with Gasteiger partial charge in [0.1, 0.15) is 0 Å². The van der Waals surface area contributed by atoms with Crippen molar-refractivity contribution >= 4 is 0 Å². The molecule has 1 rings (SSSR count). The van der Waals surface area contributed by atoms with Crippen LogP contribution in [0.2, 0.25) is 0 Å². The predicted octanol–water partition coefficient (Wildman–Crippen LogP) is 0.520. The third kappa shape index (κ3) is 2.25. The zero-order chi connectivity index (χ0) is 7.40. The van der Waals surface area contributed by atoms with E-state index in [0.29, 0.717) is 19.6 Å². The zero-order valence-electron chi connectivity index (χ0n) is 6.25. The lowest BCUT2D eigenvalue weighted by atomic mass is 10.2. The lowest BCUT2D eigenvalue weighted by Crippen LogP contribution is -2.17. The largest absolute Gasteiger partial charge is 0.393 e. The van der Waals surface area contributed by atoms with E-state index < -0.39 is 0 Å². The molecule has 0 aromatic rings. The first kappa shape index (κ1) is 7.98. The summed E-state index contributed by atoms with van der Waals surface area (Å²) in [4.78, 5) is 0. The SMILES string of the molecule is CCC(O)CC1OCCO1. The second kappa shape index (κ2) is 3.91. The molecular formula is C7H14O3. The molecule has 0 radical (unpaired) electrons. The molecule has 1 heterocycles. The zero-order valence-corrected chi connectivity index (χ0v) is 6.25. The Bertz CT molecular complexity index is 88.9. The highest BCUT2D eigenvalue weighted by atomic mass is 16.7. The first-order valence-electron chi connectivity index (χ1n) is 3.74. The minimum Gasteiger partial charge on any atom is -0.393 e. The Labute approximate surface area is 60.9 Å². The van der Waals surface area contributed by atoms with E-state index in [2.05, 4.69) is 0 Å². The van der Waals surface area contributed by atoms with Crippen molar-refractivity contribution in [2.24, 2.45) is 0 Å². The maximum atomic E-state index is 9.16. The summed E-state index contributed by atoms with van der Waals surface area (Å²) in [5, 5.41) is 9.16. The molecule has 1 aliphatic rings. The smallest absolute Gasteiger partial charge is 0.160 e. The maximum Gasteiger partial charge on any atom is 0.160 e. The molecule has 60 valence electrons. The highest BCUT2D eigenvalue weighted by Gasteiger charge is 2.18. The van der Waals surface area contributed by atoms with Crippen LogP contribution < -0.4 is 0 Å². The quantitative estimate of drug-likeness (QED) is 0.631. The number of hydrogen-bond acceptors (Lipinski definition) is 3. The first-order valence-corrected chi connectivity index (χ1v) is 3.74. The Morgan fingerprint density at radius 2 is 2.10 bits per heavy atom. The summed E-state index contributed by atoms with van der Waals surface area (Å²) < 4.78 is 10.3. The molecule has 0 amide bonds. The van der Waals surface area contributed by atoms with Gasteiger partial charge in [-0.25, -0.2) is 0 Å². The van der Waals surface area contributed by atoms with Crippen LogP contribution in [0.5, 0.6) is 0 Å². The van der Waals surface area contributed by atoms with Crippen molar-refractivity contribution in [2.45, 2.75) is 32.2 Å². The van der Waals surface area contributed by atoms with Crippen LogP contribution in [0.15, 0.2) is 0 Å². The molecule has 1 N–H and O–H groups in total. The summed E-state index contributed by atoms with van der Waals surface area (Å²) in [5.74, 6) is 0. The number of ether oxygens (including phenoxy) is 2. The second-order valence-corrected chi connectivity index (χ2v) is 2.47. The molecule has 0 saturated carbocycles. The molecule has 0 aromatic carbocycles. The molecule has 0 aromatic heterocycles. The van der Waals surface area contributed by atoms with Crippen LogP contribution in [0.1, 0.15) is 19.8 Å². The maximum absolute atomic E-state index is 9.16. The van der Waals surface area contributed by atoms with E-state index >= 15 is 0 Å². The minimum absolute atomic E-state index is 0.157. The molecule has 3 nitrogen and oxygen atoms in total. The van der Waals surface area contributed by atoms with Gasteiger partial charge in [0.05, 0.1) is 19.3 Å². The van der Waals surface area contributed by atoms with Gasteiger partial charge in [-0.3, -0.25) is 0 Å². The van der Waals surface area contributed by atoms with E-state index in [1.54, 1.807) is 0 Å². The fourth-order valence-corrected chi connectivity index (χ4v) is 0.932. The molecule has 1 fully saturated rings. The van der Waals surface area contributed by atoms with E-state index in [-0.39, 0.29) is 12.4 Å². The van der Waals surface area contributed by atoms with E-state index in [0.717, 1.165) is 6.42 Å². The van der Waals surface area contributed by atoms with Crippen LogP contribution in [0.4, 0.5) is 0 Å². The van der Waals surface area contributed by atoms with Gasteiger partial charge in [-0.05, 0) is 6.42 Å². The Hall–Kier alpha value is -0.120. The Morgan fingerprint density at radius 3 is 2.60 bits per heavy atom. The van der Waals surface area contributed by atoms with Crippen LogP contribution in [0, 0.1) is 0 Å². The van der Waals surface area contributed by atoms with Gasteiger partial charge in [-0.1, -0.05) is 6.92 Å². The summed E-state index contributed by atoms with van der Waals surface area (Å²) in [5.41, 5.74) is 0. The fraction of sp³-hybridized carbons (Fsp3) is 1.00. The van der Waals surface area contributed by atoms with E-state index in [1.807, 2.05) is 6.92 Å². The summed E-state index contributed by atoms with van der Waals surface area (Å²) in [6.45, 7) is 3.28. The molecule has 0 bridgehead atoms. The molecule has 10 heavy (non-hydrogen) atoms. The molecule has 0 aliphatic carbocycles.